The van der Waals surface area contributed by atoms with Crippen molar-refractivity contribution < 1.29 is 26.3 Å². The summed E-state index contributed by atoms with van der Waals surface area (Å²) in [5.41, 5.74) is 0. The maximum atomic E-state index is 11.8. The second-order valence-electron chi connectivity index (χ2n) is 2.33. The molecule has 0 amide bonds. The van der Waals surface area contributed by atoms with Crippen LogP contribution in [0.4, 0.5) is 26.3 Å². The van der Waals surface area contributed by atoms with Crippen LogP contribution in [0.25, 0.3) is 0 Å². The van der Waals surface area contributed by atoms with Crippen molar-refractivity contribution in [1.29, 1.82) is 0 Å². The molecule has 0 aromatic carbocycles. The Morgan fingerprint density at radius 3 is 1.23 bits per heavy atom. The molecule has 0 fully saturated rings. The molecule has 0 unspecified atom stereocenters. The SMILES string of the molecule is CC(C)=S=C(C(F)(F)F)C(F)(F)F. The van der Waals surface area contributed by atoms with E-state index < -0.39 is 17.2 Å². The maximum absolute atomic E-state index is 11.8. The Morgan fingerprint density at radius 1 is 0.846 bits per heavy atom. The molecule has 0 saturated carbocycles. The average Bonchev–Trinajstić information content (AvgIpc) is 1.77. The van der Waals surface area contributed by atoms with Crippen LogP contribution in [0.2, 0.25) is 0 Å². The number of alkyl halides is 6. The molecule has 0 rings (SSSR count). The van der Waals surface area contributed by atoms with Crippen LogP contribution in [-0.4, -0.2) is 22.1 Å². The molecule has 0 radical (unpaired) electrons. The van der Waals surface area contributed by atoms with Gasteiger partial charge in [0.15, 0.2) is 4.86 Å². The molecular weight excluding hydrogens is 218 g/mol. The summed E-state index contributed by atoms with van der Waals surface area (Å²) in [5.74, 6) is 0. The highest BCUT2D eigenvalue weighted by molar-refractivity contribution is 7.98. The fourth-order valence-electron chi connectivity index (χ4n) is 0.481. The van der Waals surface area contributed by atoms with E-state index in [0.29, 0.717) is 0 Å². The van der Waals surface area contributed by atoms with E-state index in [-0.39, 0.29) is 15.8 Å². The molecule has 13 heavy (non-hydrogen) atoms. The first-order valence-corrected chi connectivity index (χ1v) is 3.86. The molecule has 0 aliphatic carbocycles. The summed E-state index contributed by atoms with van der Waals surface area (Å²) in [7, 11) is -0.303. The maximum Gasteiger partial charge on any atom is 0.430 e. The molecule has 0 N–H and O–H groups in total. The lowest BCUT2D eigenvalue weighted by molar-refractivity contribution is -0.113. The first kappa shape index (κ1) is 12.5. The van der Waals surface area contributed by atoms with Crippen molar-refractivity contribution in [3.8, 4) is 0 Å². The van der Waals surface area contributed by atoms with Crippen molar-refractivity contribution in [2.75, 3.05) is 0 Å². The molecule has 78 valence electrons. The largest absolute Gasteiger partial charge is 0.430 e. The van der Waals surface area contributed by atoms with E-state index in [0.717, 1.165) is 0 Å². The van der Waals surface area contributed by atoms with Gasteiger partial charge in [0, 0.05) is 0 Å². The molecular formula is C6H6F6S. The van der Waals surface area contributed by atoms with E-state index in [9.17, 15) is 26.3 Å². The van der Waals surface area contributed by atoms with Gasteiger partial charge in [-0.05, 0) is 18.7 Å². The lowest BCUT2D eigenvalue weighted by Gasteiger charge is -2.11. The molecule has 0 bridgehead atoms. The Labute approximate surface area is 74.1 Å². The molecule has 0 aromatic heterocycles. The Kier molecular flexibility index (Phi) is 3.60. The normalized spacial score (nSPS) is 12.6. The zero-order chi connectivity index (χ0) is 10.9. The topological polar surface area (TPSA) is 0 Å². The predicted molar refractivity (Wildman–Crippen MR) is 41.1 cm³/mol. The Balaban J connectivity index is 5.41. The van der Waals surface area contributed by atoms with Gasteiger partial charge in [-0.2, -0.15) is 26.3 Å². The highest BCUT2D eigenvalue weighted by Crippen LogP contribution is 2.31. The van der Waals surface area contributed by atoms with E-state index >= 15 is 0 Å². The first-order chi connectivity index (χ1) is 5.55. The molecule has 0 atom stereocenters. The van der Waals surface area contributed by atoms with E-state index in [2.05, 4.69) is 0 Å². The fraction of sp³-hybridized carbons (Fsp3) is 0.667. The third-order valence-corrected chi connectivity index (χ3v) is 1.90. The minimum Gasteiger partial charge on any atom is -0.165 e. The number of halogens is 6. The van der Waals surface area contributed by atoms with Crippen LogP contribution < -0.4 is 0 Å². The van der Waals surface area contributed by atoms with Gasteiger partial charge < -0.3 is 0 Å². The molecule has 0 aromatic rings. The van der Waals surface area contributed by atoms with Gasteiger partial charge in [-0.15, -0.1) is 10.9 Å². The molecule has 0 saturated heterocycles. The molecule has 0 heterocycles. The van der Waals surface area contributed by atoms with Crippen LogP contribution >= 0.6 is 10.9 Å². The standard InChI is InChI=1S/C6H6F6S/c1-3(2)13-4(5(7,8)9)6(10,11)12/h1-2H3. The van der Waals surface area contributed by atoms with Gasteiger partial charge in [0.25, 0.3) is 0 Å². The van der Waals surface area contributed by atoms with Gasteiger partial charge in [0.05, 0.1) is 0 Å². The molecule has 7 heteroatoms. The van der Waals surface area contributed by atoms with Crippen molar-refractivity contribution in [2.24, 2.45) is 0 Å². The van der Waals surface area contributed by atoms with Crippen molar-refractivity contribution in [3.63, 3.8) is 0 Å². The number of hydrogen-bond acceptors (Lipinski definition) is 0. The lowest BCUT2D eigenvalue weighted by atomic mass is 10.4. The summed E-state index contributed by atoms with van der Waals surface area (Å²) in [6.45, 7) is 2.37. The van der Waals surface area contributed by atoms with Gasteiger partial charge in [0.2, 0.25) is 0 Å². The average molecular weight is 224 g/mol. The highest BCUT2D eigenvalue weighted by atomic mass is 32.1. The van der Waals surface area contributed by atoms with Crippen molar-refractivity contribution in [1.82, 2.24) is 0 Å². The Bertz CT molecular complexity index is 231. The smallest absolute Gasteiger partial charge is 0.165 e. The van der Waals surface area contributed by atoms with Crippen molar-refractivity contribution in [3.05, 3.63) is 0 Å². The molecule has 0 spiro atoms. The van der Waals surface area contributed by atoms with Gasteiger partial charge in [-0.1, -0.05) is 0 Å². The second kappa shape index (κ2) is 3.73. The quantitative estimate of drug-likeness (QED) is 0.437. The first-order valence-electron chi connectivity index (χ1n) is 3.04. The van der Waals surface area contributed by atoms with Gasteiger partial charge >= 0.3 is 12.4 Å². The summed E-state index contributed by atoms with van der Waals surface area (Å²) in [5, 5.41) is 0. The zero-order valence-corrected chi connectivity index (χ0v) is 7.49. The molecule has 0 aliphatic rings. The summed E-state index contributed by atoms with van der Waals surface area (Å²) < 4.78 is 70.7. The van der Waals surface area contributed by atoms with Crippen LogP contribution in [0.15, 0.2) is 0 Å². The Hall–Kier alpha value is -0.460. The van der Waals surface area contributed by atoms with Crippen LogP contribution in [0.3, 0.4) is 0 Å². The number of hydrogen-bond donors (Lipinski definition) is 0. The van der Waals surface area contributed by atoms with E-state index in [1.165, 1.54) is 13.8 Å². The van der Waals surface area contributed by atoms with E-state index in [1.54, 1.807) is 0 Å². The number of rotatable bonds is 0. The van der Waals surface area contributed by atoms with Crippen LogP contribution in [-0.2, 0) is 0 Å². The monoisotopic (exact) mass is 224 g/mol. The van der Waals surface area contributed by atoms with Crippen molar-refractivity contribution in [2.45, 2.75) is 26.2 Å². The van der Waals surface area contributed by atoms with Crippen LogP contribution in [0.1, 0.15) is 13.8 Å². The third-order valence-electron chi connectivity index (χ3n) is 0.821. The van der Waals surface area contributed by atoms with E-state index in [1.807, 2.05) is 0 Å². The lowest BCUT2D eigenvalue weighted by Crippen LogP contribution is -2.35. The van der Waals surface area contributed by atoms with Gasteiger partial charge in [-0.25, -0.2) is 0 Å². The summed E-state index contributed by atoms with van der Waals surface area (Å²) in [6.07, 6.45) is -10.7. The van der Waals surface area contributed by atoms with E-state index in [4.69, 9.17) is 0 Å². The van der Waals surface area contributed by atoms with Gasteiger partial charge in [0.1, 0.15) is 0 Å². The third kappa shape index (κ3) is 4.35. The minimum absolute atomic E-state index is 0.00958. The zero-order valence-electron chi connectivity index (χ0n) is 6.68. The summed E-state index contributed by atoms with van der Waals surface area (Å²) in [6, 6.07) is 0. The van der Waals surface area contributed by atoms with Crippen molar-refractivity contribution >= 4 is 20.7 Å². The Morgan fingerprint density at radius 2 is 1.15 bits per heavy atom. The van der Waals surface area contributed by atoms with Gasteiger partial charge in [-0.3, -0.25) is 0 Å². The minimum atomic E-state index is -5.33. The summed E-state index contributed by atoms with van der Waals surface area (Å²) in [4.78, 5) is -2.44. The highest BCUT2D eigenvalue weighted by Gasteiger charge is 2.51. The van der Waals surface area contributed by atoms with Crippen LogP contribution in [0, 0.1) is 0 Å². The fourth-order valence-corrected chi connectivity index (χ4v) is 1.12. The molecule has 0 nitrogen and oxygen atoms in total. The second-order valence-corrected chi connectivity index (χ2v) is 3.76. The summed E-state index contributed by atoms with van der Waals surface area (Å²) >= 11 is 0. The van der Waals surface area contributed by atoms with Crippen LogP contribution in [0.5, 0.6) is 0 Å². The predicted octanol–water partition coefficient (Wildman–Crippen LogP) is 3.23. The molecule has 0 aliphatic heterocycles.